The number of para-hydroxylation sites is 1. The van der Waals surface area contributed by atoms with Crippen LogP contribution in [0.4, 0.5) is 18.0 Å². The maximum atomic E-state index is 12.5. The van der Waals surface area contributed by atoms with Gasteiger partial charge >= 0.3 is 12.2 Å². The smallest absolute Gasteiger partial charge is 0.416 e. The van der Waals surface area contributed by atoms with Crippen LogP contribution in [0.5, 0.6) is 5.75 Å². The summed E-state index contributed by atoms with van der Waals surface area (Å²) in [6, 6.07) is 14.0. The SMILES string of the molecule is O=C(NCCCOc1ccccc1)NCCc1ccc(C(F)(F)F)cc1. The molecule has 0 aliphatic heterocycles. The predicted molar refractivity (Wildman–Crippen MR) is 93.1 cm³/mol. The van der Waals surface area contributed by atoms with E-state index in [1.165, 1.54) is 12.1 Å². The van der Waals surface area contributed by atoms with Crippen molar-refractivity contribution in [3.8, 4) is 5.75 Å². The summed E-state index contributed by atoms with van der Waals surface area (Å²) in [7, 11) is 0. The van der Waals surface area contributed by atoms with E-state index in [2.05, 4.69) is 10.6 Å². The molecule has 0 aliphatic rings. The Balaban J connectivity index is 1.56. The zero-order valence-corrected chi connectivity index (χ0v) is 14.2. The van der Waals surface area contributed by atoms with Gasteiger partial charge in [0.05, 0.1) is 12.2 Å². The second-order valence-corrected chi connectivity index (χ2v) is 5.64. The number of benzene rings is 2. The number of nitrogens with one attached hydrogen (secondary N) is 2. The van der Waals surface area contributed by atoms with Crippen LogP contribution in [0.15, 0.2) is 54.6 Å². The van der Waals surface area contributed by atoms with Crippen molar-refractivity contribution in [2.24, 2.45) is 0 Å². The highest BCUT2D eigenvalue weighted by atomic mass is 19.4. The summed E-state index contributed by atoms with van der Waals surface area (Å²) in [5.41, 5.74) is 0.0548. The Hall–Kier alpha value is -2.70. The number of urea groups is 1. The molecule has 0 spiro atoms. The fraction of sp³-hybridized carbons (Fsp3) is 0.316. The third-order valence-corrected chi connectivity index (χ3v) is 3.60. The Kier molecular flexibility index (Phi) is 7.32. The van der Waals surface area contributed by atoms with Crippen LogP contribution in [0.25, 0.3) is 0 Å². The normalized spacial score (nSPS) is 11.0. The van der Waals surface area contributed by atoms with Gasteiger partial charge in [0.25, 0.3) is 0 Å². The van der Waals surface area contributed by atoms with Crippen LogP contribution < -0.4 is 15.4 Å². The fourth-order valence-electron chi connectivity index (χ4n) is 2.22. The van der Waals surface area contributed by atoms with Gasteiger partial charge in [-0.15, -0.1) is 0 Å². The standard InChI is InChI=1S/C19H21F3N2O2/c20-19(21,22)16-9-7-15(8-10-16)11-13-24-18(25)23-12-4-14-26-17-5-2-1-3-6-17/h1-3,5-10H,4,11-14H2,(H2,23,24,25). The zero-order valence-electron chi connectivity index (χ0n) is 14.2. The summed E-state index contributed by atoms with van der Waals surface area (Å²) in [6.07, 6.45) is -3.20. The van der Waals surface area contributed by atoms with E-state index in [9.17, 15) is 18.0 Å². The number of hydrogen-bond donors (Lipinski definition) is 2. The van der Waals surface area contributed by atoms with Crippen molar-refractivity contribution < 1.29 is 22.7 Å². The van der Waals surface area contributed by atoms with Crippen LogP contribution in [0.2, 0.25) is 0 Å². The van der Waals surface area contributed by atoms with Crippen LogP contribution in [-0.4, -0.2) is 25.7 Å². The van der Waals surface area contributed by atoms with E-state index >= 15 is 0 Å². The molecule has 0 atom stereocenters. The van der Waals surface area contributed by atoms with Crippen molar-refractivity contribution in [3.05, 3.63) is 65.7 Å². The highest BCUT2D eigenvalue weighted by Gasteiger charge is 2.29. The summed E-state index contributed by atoms with van der Waals surface area (Å²) in [6.45, 7) is 1.31. The Bertz CT molecular complexity index is 673. The van der Waals surface area contributed by atoms with Crippen LogP contribution >= 0.6 is 0 Å². The van der Waals surface area contributed by atoms with E-state index in [1.807, 2.05) is 30.3 Å². The predicted octanol–water partition coefficient (Wildman–Crippen LogP) is 4.02. The van der Waals surface area contributed by atoms with Gasteiger partial charge in [0.1, 0.15) is 5.75 Å². The molecule has 2 aromatic carbocycles. The molecule has 7 heteroatoms. The highest BCUT2D eigenvalue weighted by Crippen LogP contribution is 2.29. The summed E-state index contributed by atoms with van der Waals surface area (Å²) >= 11 is 0. The quantitative estimate of drug-likeness (QED) is 0.694. The first-order chi connectivity index (χ1) is 12.4. The van der Waals surface area contributed by atoms with E-state index in [0.29, 0.717) is 32.5 Å². The third-order valence-electron chi connectivity index (χ3n) is 3.60. The molecule has 0 unspecified atom stereocenters. The van der Waals surface area contributed by atoms with Gasteiger partial charge in [0.2, 0.25) is 0 Å². The second kappa shape index (κ2) is 9.70. The minimum atomic E-state index is -4.33. The average molecular weight is 366 g/mol. The summed E-state index contributed by atoms with van der Waals surface area (Å²) in [5, 5.41) is 5.38. The van der Waals surface area contributed by atoms with E-state index in [-0.39, 0.29) is 6.03 Å². The van der Waals surface area contributed by atoms with Gasteiger partial charge in [-0.05, 0) is 42.7 Å². The number of halogens is 3. The molecule has 4 nitrogen and oxygen atoms in total. The number of rotatable bonds is 8. The monoisotopic (exact) mass is 366 g/mol. The van der Waals surface area contributed by atoms with Gasteiger partial charge in [0, 0.05) is 13.1 Å². The van der Waals surface area contributed by atoms with Crippen LogP contribution in [-0.2, 0) is 12.6 Å². The first-order valence-electron chi connectivity index (χ1n) is 8.31. The largest absolute Gasteiger partial charge is 0.494 e. The average Bonchev–Trinajstić information content (AvgIpc) is 2.62. The molecule has 26 heavy (non-hydrogen) atoms. The van der Waals surface area contributed by atoms with Gasteiger partial charge in [-0.25, -0.2) is 4.79 Å². The van der Waals surface area contributed by atoms with E-state index < -0.39 is 11.7 Å². The molecule has 0 radical (unpaired) electrons. The minimum Gasteiger partial charge on any atom is -0.494 e. The number of carbonyl (C=O) groups excluding carboxylic acids is 1. The molecule has 0 aliphatic carbocycles. The number of alkyl halides is 3. The molecule has 2 N–H and O–H groups in total. The summed E-state index contributed by atoms with van der Waals surface area (Å²) < 4.78 is 42.9. The molecular weight excluding hydrogens is 345 g/mol. The second-order valence-electron chi connectivity index (χ2n) is 5.64. The van der Waals surface area contributed by atoms with Gasteiger partial charge in [-0.1, -0.05) is 30.3 Å². The Labute approximate surface area is 150 Å². The maximum absolute atomic E-state index is 12.5. The molecule has 2 rings (SSSR count). The van der Waals surface area contributed by atoms with Crippen molar-refractivity contribution in [3.63, 3.8) is 0 Å². The Morgan fingerprint density at radius 3 is 2.23 bits per heavy atom. The molecule has 0 saturated carbocycles. The molecule has 0 saturated heterocycles. The van der Waals surface area contributed by atoms with Gasteiger partial charge in [-0.3, -0.25) is 0 Å². The molecule has 2 aromatic rings. The van der Waals surface area contributed by atoms with Crippen LogP contribution in [0, 0.1) is 0 Å². The lowest BCUT2D eigenvalue weighted by Gasteiger charge is -2.10. The lowest BCUT2D eigenvalue weighted by atomic mass is 10.1. The highest BCUT2D eigenvalue weighted by molar-refractivity contribution is 5.73. The summed E-state index contributed by atoms with van der Waals surface area (Å²) in [4.78, 5) is 11.6. The minimum absolute atomic E-state index is 0.309. The molecule has 0 bridgehead atoms. The van der Waals surface area contributed by atoms with Crippen LogP contribution in [0.1, 0.15) is 17.5 Å². The number of amides is 2. The maximum Gasteiger partial charge on any atom is 0.416 e. The molecule has 0 heterocycles. The first kappa shape index (κ1) is 19.6. The van der Waals surface area contributed by atoms with E-state index in [1.54, 1.807) is 0 Å². The number of hydrogen-bond acceptors (Lipinski definition) is 2. The molecule has 0 fully saturated rings. The van der Waals surface area contributed by atoms with Gasteiger partial charge in [0.15, 0.2) is 0 Å². The van der Waals surface area contributed by atoms with Crippen molar-refractivity contribution >= 4 is 6.03 Å². The number of carbonyl (C=O) groups is 1. The molecule has 140 valence electrons. The fourth-order valence-corrected chi connectivity index (χ4v) is 2.22. The van der Waals surface area contributed by atoms with E-state index in [4.69, 9.17) is 4.74 Å². The Morgan fingerprint density at radius 2 is 1.58 bits per heavy atom. The Morgan fingerprint density at radius 1 is 0.923 bits per heavy atom. The van der Waals surface area contributed by atoms with Gasteiger partial charge in [-0.2, -0.15) is 13.2 Å². The van der Waals surface area contributed by atoms with Crippen molar-refractivity contribution in [1.82, 2.24) is 10.6 Å². The van der Waals surface area contributed by atoms with Crippen molar-refractivity contribution in [2.75, 3.05) is 19.7 Å². The van der Waals surface area contributed by atoms with Gasteiger partial charge < -0.3 is 15.4 Å². The molecular formula is C19H21F3N2O2. The third kappa shape index (κ3) is 7.04. The van der Waals surface area contributed by atoms with Crippen molar-refractivity contribution in [1.29, 1.82) is 0 Å². The first-order valence-corrected chi connectivity index (χ1v) is 8.31. The summed E-state index contributed by atoms with van der Waals surface area (Å²) in [5.74, 6) is 0.786. The van der Waals surface area contributed by atoms with Crippen molar-refractivity contribution in [2.45, 2.75) is 19.0 Å². The zero-order chi connectivity index (χ0) is 18.8. The van der Waals surface area contributed by atoms with Crippen LogP contribution in [0.3, 0.4) is 0 Å². The topological polar surface area (TPSA) is 50.4 Å². The number of ether oxygens (including phenoxy) is 1. The lowest BCUT2D eigenvalue weighted by Crippen LogP contribution is -2.37. The molecule has 2 amide bonds. The lowest BCUT2D eigenvalue weighted by molar-refractivity contribution is -0.137. The molecule has 0 aromatic heterocycles. The van der Waals surface area contributed by atoms with E-state index in [0.717, 1.165) is 23.4 Å².